The van der Waals surface area contributed by atoms with Crippen LogP contribution in [0.15, 0.2) is 42.5 Å². The van der Waals surface area contributed by atoms with E-state index < -0.39 is 0 Å². The molecular formula is C20H26N2O2. The average molecular weight is 326 g/mol. The molecule has 2 aromatic rings. The van der Waals surface area contributed by atoms with Crippen LogP contribution in [0.25, 0.3) is 0 Å². The fraction of sp³-hybridized carbons (Fsp3) is 0.350. The number of nitrogens with zero attached hydrogens (tertiary/aromatic N) is 1. The summed E-state index contributed by atoms with van der Waals surface area (Å²) in [4.78, 5) is 14.1. The van der Waals surface area contributed by atoms with Gasteiger partial charge in [0.2, 0.25) is 0 Å². The van der Waals surface area contributed by atoms with Gasteiger partial charge in [0.15, 0.2) is 0 Å². The normalized spacial score (nSPS) is 10.3. The smallest absolute Gasteiger partial charge is 0.321 e. The number of ether oxygens (including phenoxy) is 1. The molecule has 0 aromatic heterocycles. The number of anilines is 1. The first-order valence-electron chi connectivity index (χ1n) is 8.34. The molecular weight excluding hydrogens is 300 g/mol. The van der Waals surface area contributed by atoms with Gasteiger partial charge in [0.1, 0.15) is 12.4 Å². The van der Waals surface area contributed by atoms with Crippen molar-refractivity contribution in [2.24, 2.45) is 0 Å². The van der Waals surface area contributed by atoms with Crippen molar-refractivity contribution < 1.29 is 9.53 Å². The van der Waals surface area contributed by atoms with Crippen LogP contribution < -0.4 is 15.0 Å². The zero-order valence-corrected chi connectivity index (χ0v) is 14.9. The fourth-order valence-electron chi connectivity index (χ4n) is 2.53. The van der Waals surface area contributed by atoms with Crippen LogP contribution >= 0.6 is 0 Å². The maximum Gasteiger partial charge on any atom is 0.321 e. The first kappa shape index (κ1) is 17.9. The summed E-state index contributed by atoms with van der Waals surface area (Å²) in [5.74, 6) is 0.871. The molecule has 4 nitrogen and oxygen atoms in total. The van der Waals surface area contributed by atoms with Crippen LogP contribution in [0, 0.1) is 20.8 Å². The Labute approximate surface area is 144 Å². The van der Waals surface area contributed by atoms with E-state index in [4.69, 9.17) is 4.74 Å². The van der Waals surface area contributed by atoms with Crippen LogP contribution in [0.1, 0.15) is 23.6 Å². The number of amides is 2. The quantitative estimate of drug-likeness (QED) is 0.807. The topological polar surface area (TPSA) is 41.6 Å². The second-order valence-corrected chi connectivity index (χ2v) is 5.86. The van der Waals surface area contributed by atoms with Gasteiger partial charge in [-0.05, 0) is 62.6 Å². The molecule has 2 amide bonds. The monoisotopic (exact) mass is 326 g/mol. The largest absolute Gasteiger partial charge is 0.491 e. The lowest BCUT2D eigenvalue weighted by atomic mass is 10.1. The summed E-state index contributed by atoms with van der Waals surface area (Å²) in [6, 6.07) is 13.8. The Morgan fingerprint density at radius 3 is 2.58 bits per heavy atom. The molecule has 0 bridgehead atoms. The van der Waals surface area contributed by atoms with Crippen LogP contribution in [0.2, 0.25) is 0 Å². The van der Waals surface area contributed by atoms with Gasteiger partial charge in [0.05, 0.1) is 6.54 Å². The number of hydrogen-bond donors (Lipinski definition) is 1. The Balaban J connectivity index is 1.87. The minimum absolute atomic E-state index is 0.104. The number of carbonyl (C=O) groups is 1. The average Bonchev–Trinajstić information content (AvgIpc) is 2.56. The molecule has 2 rings (SSSR count). The van der Waals surface area contributed by atoms with E-state index in [1.807, 2.05) is 57.2 Å². The number of urea groups is 1. The van der Waals surface area contributed by atoms with Crippen LogP contribution in [-0.4, -0.2) is 25.7 Å². The van der Waals surface area contributed by atoms with Gasteiger partial charge in [-0.25, -0.2) is 4.79 Å². The minimum atomic E-state index is -0.104. The van der Waals surface area contributed by atoms with Gasteiger partial charge >= 0.3 is 6.03 Å². The number of hydrogen-bond acceptors (Lipinski definition) is 2. The molecule has 0 aliphatic heterocycles. The number of carbonyl (C=O) groups excluding carboxylic acids is 1. The highest BCUT2D eigenvalue weighted by molar-refractivity contribution is 5.91. The maximum absolute atomic E-state index is 12.4. The van der Waals surface area contributed by atoms with Crippen molar-refractivity contribution in [3.8, 4) is 5.75 Å². The SMILES string of the molecule is CCN(C(=O)NCCOc1cccc(C)c1C)c1cccc(C)c1. The fourth-order valence-corrected chi connectivity index (χ4v) is 2.53. The first-order chi connectivity index (χ1) is 11.5. The highest BCUT2D eigenvalue weighted by atomic mass is 16.5. The second kappa shape index (κ2) is 8.39. The van der Waals surface area contributed by atoms with Gasteiger partial charge in [0, 0.05) is 12.2 Å². The van der Waals surface area contributed by atoms with E-state index in [0.717, 1.165) is 22.6 Å². The summed E-state index contributed by atoms with van der Waals surface area (Å²) in [5, 5.41) is 2.92. The molecule has 2 aromatic carbocycles. The van der Waals surface area contributed by atoms with E-state index in [9.17, 15) is 4.79 Å². The van der Waals surface area contributed by atoms with E-state index in [-0.39, 0.29) is 6.03 Å². The molecule has 4 heteroatoms. The van der Waals surface area contributed by atoms with Gasteiger partial charge in [-0.2, -0.15) is 0 Å². The third-order valence-electron chi connectivity index (χ3n) is 4.07. The van der Waals surface area contributed by atoms with Crippen molar-refractivity contribution >= 4 is 11.7 Å². The van der Waals surface area contributed by atoms with Crippen molar-refractivity contribution in [1.82, 2.24) is 5.32 Å². The Hall–Kier alpha value is -2.49. The van der Waals surface area contributed by atoms with Crippen LogP contribution in [0.5, 0.6) is 5.75 Å². The number of aryl methyl sites for hydroxylation is 2. The van der Waals surface area contributed by atoms with Gasteiger partial charge < -0.3 is 10.1 Å². The number of benzene rings is 2. The van der Waals surface area contributed by atoms with Crippen molar-refractivity contribution in [3.05, 3.63) is 59.2 Å². The molecule has 0 atom stereocenters. The van der Waals surface area contributed by atoms with Crippen LogP contribution in [0.3, 0.4) is 0 Å². The zero-order chi connectivity index (χ0) is 17.5. The maximum atomic E-state index is 12.4. The summed E-state index contributed by atoms with van der Waals surface area (Å²) >= 11 is 0. The van der Waals surface area contributed by atoms with Gasteiger partial charge in [0.25, 0.3) is 0 Å². The van der Waals surface area contributed by atoms with Gasteiger partial charge in [-0.3, -0.25) is 4.90 Å². The summed E-state index contributed by atoms with van der Waals surface area (Å²) < 4.78 is 5.77. The molecule has 128 valence electrons. The molecule has 0 saturated heterocycles. The van der Waals surface area contributed by atoms with Crippen molar-refractivity contribution in [1.29, 1.82) is 0 Å². The standard InChI is InChI=1S/C20H26N2O2/c1-5-22(18-10-6-8-15(2)14-18)20(23)21-12-13-24-19-11-7-9-16(3)17(19)4/h6-11,14H,5,12-13H2,1-4H3,(H,21,23). The number of nitrogens with one attached hydrogen (secondary N) is 1. The third kappa shape index (κ3) is 4.51. The van der Waals surface area contributed by atoms with Crippen molar-refractivity contribution in [2.45, 2.75) is 27.7 Å². The Kier molecular flexibility index (Phi) is 6.24. The van der Waals surface area contributed by atoms with E-state index in [1.165, 1.54) is 5.56 Å². The Morgan fingerprint density at radius 2 is 1.88 bits per heavy atom. The second-order valence-electron chi connectivity index (χ2n) is 5.86. The molecule has 0 spiro atoms. The first-order valence-corrected chi connectivity index (χ1v) is 8.34. The molecule has 0 saturated carbocycles. The highest BCUT2D eigenvalue weighted by Gasteiger charge is 2.13. The predicted octanol–water partition coefficient (Wildman–Crippen LogP) is 4.23. The third-order valence-corrected chi connectivity index (χ3v) is 4.07. The molecule has 0 aliphatic rings. The highest BCUT2D eigenvalue weighted by Crippen LogP contribution is 2.20. The molecule has 0 fully saturated rings. The summed E-state index contributed by atoms with van der Waals surface area (Å²) in [7, 11) is 0. The van der Waals surface area contributed by atoms with Crippen LogP contribution in [0.4, 0.5) is 10.5 Å². The van der Waals surface area contributed by atoms with Gasteiger partial charge in [-0.15, -0.1) is 0 Å². The van der Waals surface area contributed by atoms with E-state index in [2.05, 4.69) is 18.3 Å². The van der Waals surface area contributed by atoms with E-state index in [0.29, 0.717) is 19.7 Å². The molecule has 24 heavy (non-hydrogen) atoms. The molecule has 0 radical (unpaired) electrons. The summed E-state index contributed by atoms with van der Waals surface area (Å²) in [6.45, 7) is 9.62. The lowest BCUT2D eigenvalue weighted by Crippen LogP contribution is -2.41. The minimum Gasteiger partial charge on any atom is -0.491 e. The van der Waals surface area contributed by atoms with Gasteiger partial charge in [-0.1, -0.05) is 24.3 Å². The molecule has 0 aliphatic carbocycles. The lowest BCUT2D eigenvalue weighted by Gasteiger charge is -2.22. The van der Waals surface area contributed by atoms with Crippen molar-refractivity contribution in [2.75, 3.05) is 24.6 Å². The molecule has 0 unspecified atom stereocenters. The summed E-state index contributed by atoms with van der Waals surface area (Å²) in [6.07, 6.45) is 0. The Bertz CT molecular complexity index is 698. The molecule has 0 heterocycles. The summed E-state index contributed by atoms with van der Waals surface area (Å²) in [5.41, 5.74) is 4.38. The Morgan fingerprint density at radius 1 is 1.12 bits per heavy atom. The van der Waals surface area contributed by atoms with Crippen molar-refractivity contribution in [3.63, 3.8) is 0 Å². The van der Waals surface area contributed by atoms with E-state index in [1.54, 1.807) is 4.90 Å². The zero-order valence-electron chi connectivity index (χ0n) is 14.9. The van der Waals surface area contributed by atoms with Crippen LogP contribution in [-0.2, 0) is 0 Å². The number of rotatable bonds is 6. The molecule has 1 N–H and O–H groups in total. The lowest BCUT2D eigenvalue weighted by molar-refractivity contribution is 0.242. The van der Waals surface area contributed by atoms with E-state index >= 15 is 0 Å². The predicted molar refractivity (Wildman–Crippen MR) is 99.0 cm³/mol.